The minimum absolute atomic E-state index is 0. The van der Waals surface area contributed by atoms with Gasteiger partial charge in [-0.3, -0.25) is 0 Å². The molecule has 0 spiro atoms. The number of alkyl halides is 1. The van der Waals surface area contributed by atoms with E-state index in [0.717, 1.165) is 0 Å². The van der Waals surface area contributed by atoms with E-state index in [-0.39, 0.29) is 65.5 Å². The molecule has 0 bridgehead atoms. The Labute approximate surface area is 119 Å². The van der Waals surface area contributed by atoms with Crippen LogP contribution in [0.25, 0.3) is 0 Å². The molecule has 0 fully saturated rings. The maximum Gasteiger partial charge on any atom is 1.00 e. The first-order chi connectivity index (χ1) is 4.95. The maximum atomic E-state index is 12.7. The zero-order valence-electron chi connectivity index (χ0n) is 7.93. The molecule has 4 nitrogen and oxygen atoms in total. The maximum absolute atomic E-state index is 12.7. The molecule has 0 saturated carbocycles. The van der Waals surface area contributed by atoms with Crippen LogP contribution >= 0.6 is 0 Å². The fraction of sp³-hybridized carbons (Fsp3) is 0.667. The predicted molar refractivity (Wildman–Crippen MR) is 28.8 cm³/mol. The smallest absolute Gasteiger partial charge is 0.546 e. The van der Waals surface area contributed by atoms with Gasteiger partial charge in [0.15, 0.2) is 5.67 Å². The third-order valence-electron chi connectivity index (χ3n) is 1.24. The first kappa shape index (κ1) is 19.4. The molecule has 0 amide bonds. The molecule has 64 valence electrons. The van der Waals surface area contributed by atoms with Crippen LogP contribution < -0.4 is 69.3 Å². The summed E-state index contributed by atoms with van der Waals surface area (Å²) in [6.45, 7) is 1.46. The largest absolute Gasteiger partial charge is 1.00 e. The Morgan fingerprint density at radius 3 is 1.62 bits per heavy atom. The van der Waals surface area contributed by atoms with Gasteiger partial charge in [0.25, 0.3) is 0 Å². The molecule has 0 aromatic rings. The zero-order chi connectivity index (χ0) is 9.07. The molecule has 0 heterocycles. The van der Waals surface area contributed by atoms with Gasteiger partial charge in [0.1, 0.15) is 0 Å². The summed E-state index contributed by atoms with van der Waals surface area (Å²) in [6.07, 6.45) is -0.532. The molecule has 0 N–H and O–H groups in total. The number of aliphatic carboxylic acids is 2. The van der Waals surface area contributed by atoms with Crippen LogP contribution in [0.4, 0.5) is 4.39 Å². The van der Waals surface area contributed by atoms with E-state index in [9.17, 15) is 24.2 Å². The summed E-state index contributed by atoms with van der Waals surface area (Å²) < 4.78 is 12.7. The van der Waals surface area contributed by atoms with Gasteiger partial charge in [0.05, 0.1) is 11.9 Å². The van der Waals surface area contributed by atoms with Crippen LogP contribution in [0.5, 0.6) is 0 Å². The summed E-state index contributed by atoms with van der Waals surface area (Å²) in [5.41, 5.74) is -3.34. The van der Waals surface area contributed by atoms with Crippen LogP contribution in [-0.4, -0.2) is 17.6 Å². The van der Waals surface area contributed by atoms with Crippen molar-refractivity contribution in [2.24, 2.45) is 0 Å². The van der Waals surface area contributed by atoms with Crippen LogP contribution in [0, 0.1) is 0 Å². The van der Waals surface area contributed by atoms with Gasteiger partial charge in [0.2, 0.25) is 0 Å². The first-order valence-corrected chi connectivity index (χ1v) is 3.07. The van der Waals surface area contributed by atoms with Crippen molar-refractivity contribution in [3.63, 3.8) is 0 Å². The quantitative estimate of drug-likeness (QED) is 0.339. The van der Waals surface area contributed by atoms with Gasteiger partial charge in [-0.25, -0.2) is 4.39 Å². The van der Waals surface area contributed by atoms with E-state index in [1.807, 2.05) is 0 Å². The van der Waals surface area contributed by atoms with Crippen LogP contribution in [0.3, 0.4) is 0 Å². The van der Waals surface area contributed by atoms with Crippen molar-refractivity contribution >= 4 is 11.9 Å². The predicted octanol–water partition coefficient (Wildman–Crippen LogP) is -8.00. The van der Waals surface area contributed by atoms with Crippen molar-refractivity contribution in [1.82, 2.24) is 0 Å². The third-order valence-corrected chi connectivity index (χ3v) is 1.24. The summed E-state index contributed by atoms with van der Waals surface area (Å²) in [6, 6.07) is 0. The van der Waals surface area contributed by atoms with Crippen molar-refractivity contribution in [3.8, 4) is 0 Å². The van der Waals surface area contributed by atoms with E-state index in [2.05, 4.69) is 0 Å². The second-order valence-corrected chi connectivity index (χ2v) is 2.13. The number of hydrogen-bond donors (Lipinski definition) is 0. The summed E-state index contributed by atoms with van der Waals surface area (Å²) >= 11 is 0. The van der Waals surface area contributed by atoms with Gasteiger partial charge in [-0.15, -0.1) is 0 Å². The Bertz CT molecular complexity index is 171. The summed E-state index contributed by atoms with van der Waals surface area (Å²) in [5.74, 6) is -4.50. The van der Waals surface area contributed by atoms with Gasteiger partial charge in [-0.05, 0) is 6.42 Å². The fourth-order valence-electron chi connectivity index (χ4n) is 0.632. The first-order valence-electron chi connectivity index (χ1n) is 3.07. The third kappa shape index (κ3) is 5.34. The average Bonchev–Trinajstić information content (AvgIpc) is 1.87. The molecule has 0 atom stereocenters. The fourth-order valence-corrected chi connectivity index (χ4v) is 0.632. The molecule has 0 aliphatic heterocycles. The van der Waals surface area contributed by atoms with Crippen molar-refractivity contribution in [3.05, 3.63) is 0 Å². The van der Waals surface area contributed by atoms with Crippen molar-refractivity contribution in [1.29, 1.82) is 0 Å². The molecule has 0 aliphatic rings. The van der Waals surface area contributed by atoms with E-state index in [0.29, 0.717) is 0 Å². The van der Waals surface area contributed by atoms with E-state index in [1.165, 1.54) is 6.92 Å². The van der Waals surface area contributed by atoms with Crippen molar-refractivity contribution in [2.75, 3.05) is 0 Å². The van der Waals surface area contributed by atoms with Gasteiger partial charge in [-0.1, -0.05) is 13.3 Å². The van der Waals surface area contributed by atoms with Gasteiger partial charge in [0, 0.05) is 0 Å². The molecule has 7 heteroatoms. The van der Waals surface area contributed by atoms with Gasteiger partial charge >= 0.3 is 59.1 Å². The number of halogens is 1. The number of hydrogen-bond acceptors (Lipinski definition) is 4. The average molecular weight is 208 g/mol. The van der Waals surface area contributed by atoms with Crippen molar-refractivity contribution in [2.45, 2.75) is 25.4 Å². The second kappa shape index (κ2) is 8.20. The van der Waals surface area contributed by atoms with Gasteiger partial charge < -0.3 is 19.8 Å². The zero-order valence-corrected chi connectivity index (χ0v) is 11.9. The van der Waals surface area contributed by atoms with Crippen LogP contribution in [0.15, 0.2) is 0 Å². The minimum atomic E-state index is -3.34. The van der Waals surface area contributed by atoms with E-state index in [1.54, 1.807) is 0 Å². The van der Waals surface area contributed by atoms with E-state index >= 15 is 0 Å². The van der Waals surface area contributed by atoms with Crippen LogP contribution in [0.2, 0.25) is 0 Å². The van der Waals surface area contributed by atoms with E-state index < -0.39 is 24.0 Å². The Morgan fingerprint density at radius 1 is 1.23 bits per heavy atom. The Morgan fingerprint density at radius 2 is 1.54 bits per heavy atom. The number of rotatable bonds is 4. The molecular weight excluding hydrogens is 201 g/mol. The molecule has 0 aromatic carbocycles. The summed E-state index contributed by atoms with van der Waals surface area (Å²) in [4.78, 5) is 19.9. The Kier molecular flexibility index (Phi) is 12.3. The van der Waals surface area contributed by atoms with Crippen LogP contribution in [-0.2, 0) is 9.59 Å². The molecule has 0 radical (unpaired) electrons. The molecule has 0 rings (SSSR count). The second-order valence-electron chi connectivity index (χ2n) is 2.13. The summed E-state index contributed by atoms with van der Waals surface area (Å²) in [7, 11) is 0. The van der Waals surface area contributed by atoms with E-state index in [4.69, 9.17) is 0 Å². The topological polar surface area (TPSA) is 80.3 Å². The minimum Gasteiger partial charge on any atom is -0.546 e. The molecule has 0 aromatic heterocycles. The molecule has 0 unspecified atom stereocenters. The normalized spacial score (nSPS) is 9.38. The summed E-state index contributed by atoms with van der Waals surface area (Å²) in [5, 5.41) is 19.9. The SMILES string of the molecule is CCCC(F)(C(=O)[O-])C(=O)[O-].[Na+].[Na+]. The number of carbonyl (C=O) groups is 2. The number of carboxylic acid groups (broad SMARTS) is 2. The van der Waals surface area contributed by atoms with Crippen molar-refractivity contribution < 1.29 is 83.3 Å². The molecule has 0 aliphatic carbocycles. The van der Waals surface area contributed by atoms with Crippen LogP contribution in [0.1, 0.15) is 19.8 Å². The monoisotopic (exact) mass is 208 g/mol. The molecule has 0 saturated heterocycles. The Balaban J connectivity index is -0.000000500. The number of carboxylic acids is 2. The molecular formula is C6H7FNa2O4. The molecule has 13 heavy (non-hydrogen) atoms. The Hall–Kier alpha value is 0.870. The standard InChI is InChI=1S/C6H9FO4.2Na/c1-2-3-6(7,4(8)9)5(10)11;;/h2-3H2,1H3,(H,8,9)(H,10,11);;/q;2*+1/p-2. The van der Waals surface area contributed by atoms with Gasteiger partial charge in [-0.2, -0.15) is 0 Å². The number of carbonyl (C=O) groups excluding carboxylic acids is 2.